The molecule has 0 fully saturated rings. The molecule has 31 heavy (non-hydrogen) atoms. The van der Waals surface area contributed by atoms with Gasteiger partial charge in [0.25, 0.3) is 0 Å². The normalized spacial score (nSPS) is 11.7. The smallest absolute Gasteiger partial charge is 0.409 e. The van der Waals surface area contributed by atoms with E-state index >= 15 is 0 Å². The van der Waals surface area contributed by atoms with Gasteiger partial charge in [0, 0.05) is 19.6 Å². The molecule has 1 amide bonds. The van der Waals surface area contributed by atoms with Crippen molar-refractivity contribution in [2.45, 2.75) is 71.8 Å². The molecule has 0 aliphatic heterocycles. The Kier molecular flexibility index (Phi) is 14.2. The van der Waals surface area contributed by atoms with E-state index in [9.17, 15) is 14.7 Å². The van der Waals surface area contributed by atoms with Gasteiger partial charge in [0.2, 0.25) is 0 Å². The standard InChI is InChI=1S/C24H39NO6/c1-4-7-9-10-15-25(24(28)31-17-8-5-2)16-18-30-21-13-11-20(12-14-21)19-22(23(26)27)29-6-3/h11-14,22H,4-10,15-19H2,1-3H3,(H,26,27). The molecule has 1 unspecified atom stereocenters. The zero-order valence-electron chi connectivity index (χ0n) is 19.3. The Morgan fingerprint density at radius 1 is 0.935 bits per heavy atom. The molecule has 0 saturated carbocycles. The Hall–Kier alpha value is -2.28. The Labute approximate surface area is 186 Å². The zero-order valence-corrected chi connectivity index (χ0v) is 19.3. The number of hydrogen-bond donors (Lipinski definition) is 1. The van der Waals surface area contributed by atoms with E-state index in [-0.39, 0.29) is 6.09 Å². The highest BCUT2D eigenvalue weighted by Gasteiger charge is 2.18. The predicted molar refractivity (Wildman–Crippen MR) is 121 cm³/mol. The van der Waals surface area contributed by atoms with Crippen molar-refractivity contribution in [1.29, 1.82) is 0 Å². The fourth-order valence-corrected chi connectivity index (χ4v) is 3.05. The van der Waals surface area contributed by atoms with E-state index in [1.165, 1.54) is 0 Å². The Morgan fingerprint density at radius 3 is 2.26 bits per heavy atom. The van der Waals surface area contributed by atoms with Crippen LogP contribution in [0.3, 0.4) is 0 Å². The number of rotatable bonds is 17. The highest BCUT2D eigenvalue weighted by atomic mass is 16.6. The average molecular weight is 438 g/mol. The van der Waals surface area contributed by atoms with E-state index in [1.807, 2.05) is 24.3 Å². The molecule has 0 spiro atoms. The summed E-state index contributed by atoms with van der Waals surface area (Å²) in [5, 5.41) is 9.20. The molecule has 0 saturated heterocycles. The molecule has 1 aromatic carbocycles. The maximum absolute atomic E-state index is 12.4. The van der Waals surface area contributed by atoms with Gasteiger partial charge in [-0.2, -0.15) is 0 Å². The van der Waals surface area contributed by atoms with Crippen molar-refractivity contribution in [1.82, 2.24) is 4.90 Å². The third-order valence-corrected chi connectivity index (χ3v) is 4.88. The number of aliphatic carboxylic acids is 1. The number of ether oxygens (including phenoxy) is 3. The molecule has 0 aliphatic rings. The molecule has 1 aromatic rings. The third-order valence-electron chi connectivity index (χ3n) is 4.88. The van der Waals surface area contributed by atoms with Crippen LogP contribution in [0.1, 0.15) is 64.9 Å². The lowest BCUT2D eigenvalue weighted by molar-refractivity contribution is -0.149. The van der Waals surface area contributed by atoms with Crippen LogP contribution in [0.4, 0.5) is 4.79 Å². The van der Waals surface area contributed by atoms with Crippen LogP contribution >= 0.6 is 0 Å². The molecule has 0 aromatic heterocycles. The molecular weight excluding hydrogens is 398 g/mol. The van der Waals surface area contributed by atoms with Crippen molar-refractivity contribution in [2.75, 3.05) is 32.9 Å². The van der Waals surface area contributed by atoms with Crippen molar-refractivity contribution < 1.29 is 28.9 Å². The van der Waals surface area contributed by atoms with Gasteiger partial charge in [0.05, 0.1) is 13.2 Å². The highest BCUT2D eigenvalue weighted by Crippen LogP contribution is 2.15. The van der Waals surface area contributed by atoms with Gasteiger partial charge in [-0.15, -0.1) is 0 Å². The molecule has 7 heteroatoms. The lowest BCUT2D eigenvalue weighted by atomic mass is 10.1. The van der Waals surface area contributed by atoms with Crippen LogP contribution in [0.5, 0.6) is 5.75 Å². The first-order valence-corrected chi connectivity index (χ1v) is 11.5. The topological polar surface area (TPSA) is 85.3 Å². The first-order chi connectivity index (χ1) is 15.0. The van der Waals surface area contributed by atoms with E-state index in [1.54, 1.807) is 11.8 Å². The summed E-state index contributed by atoms with van der Waals surface area (Å²) in [5.74, 6) is -0.288. The van der Waals surface area contributed by atoms with E-state index in [2.05, 4.69) is 13.8 Å². The Morgan fingerprint density at radius 2 is 1.65 bits per heavy atom. The molecule has 7 nitrogen and oxygen atoms in total. The summed E-state index contributed by atoms with van der Waals surface area (Å²) in [7, 11) is 0. The van der Waals surface area contributed by atoms with Gasteiger partial charge < -0.3 is 24.2 Å². The van der Waals surface area contributed by atoms with Gasteiger partial charge >= 0.3 is 12.1 Å². The molecular formula is C24H39NO6. The van der Waals surface area contributed by atoms with Crippen molar-refractivity contribution in [2.24, 2.45) is 0 Å². The first-order valence-electron chi connectivity index (χ1n) is 11.5. The Bertz CT molecular complexity index is 619. The summed E-state index contributed by atoms with van der Waals surface area (Å²) in [6.45, 7) is 8.30. The summed E-state index contributed by atoms with van der Waals surface area (Å²) >= 11 is 0. The second kappa shape index (κ2) is 16.4. The van der Waals surface area contributed by atoms with Gasteiger partial charge in [0.1, 0.15) is 12.4 Å². The van der Waals surface area contributed by atoms with E-state index in [0.717, 1.165) is 44.1 Å². The molecule has 0 aliphatic carbocycles. The van der Waals surface area contributed by atoms with E-state index in [0.29, 0.717) is 45.1 Å². The van der Waals surface area contributed by atoms with E-state index < -0.39 is 12.1 Å². The fraction of sp³-hybridized carbons (Fsp3) is 0.667. The summed E-state index contributed by atoms with van der Waals surface area (Å²) in [6, 6.07) is 7.30. The van der Waals surface area contributed by atoms with Crippen LogP contribution in [-0.2, 0) is 20.7 Å². The van der Waals surface area contributed by atoms with Crippen molar-refractivity contribution >= 4 is 12.1 Å². The van der Waals surface area contributed by atoms with Gasteiger partial charge in [-0.1, -0.05) is 51.7 Å². The minimum absolute atomic E-state index is 0.278. The van der Waals surface area contributed by atoms with Crippen LogP contribution in [0, 0.1) is 0 Å². The maximum atomic E-state index is 12.4. The van der Waals surface area contributed by atoms with Crippen molar-refractivity contribution in [3.8, 4) is 5.75 Å². The Balaban J connectivity index is 2.52. The zero-order chi connectivity index (χ0) is 22.9. The second-order valence-corrected chi connectivity index (χ2v) is 7.49. The molecule has 1 N–H and O–H groups in total. The number of carbonyl (C=O) groups is 2. The van der Waals surface area contributed by atoms with Gasteiger partial charge in [-0.3, -0.25) is 0 Å². The number of unbranched alkanes of at least 4 members (excludes halogenated alkanes) is 4. The minimum atomic E-state index is -0.966. The minimum Gasteiger partial charge on any atom is -0.492 e. The number of carboxylic acids is 1. The maximum Gasteiger partial charge on any atom is 0.409 e. The summed E-state index contributed by atoms with van der Waals surface area (Å²) in [6.07, 6.45) is 5.39. The van der Waals surface area contributed by atoms with Crippen LogP contribution in [-0.4, -0.2) is 61.1 Å². The molecule has 1 atom stereocenters. The predicted octanol–water partition coefficient (Wildman–Crippen LogP) is 4.92. The highest BCUT2D eigenvalue weighted by molar-refractivity contribution is 5.72. The van der Waals surface area contributed by atoms with Gasteiger partial charge in [-0.25, -0.2) is 9.59 Å². The molecule has 0 radical (unpaired) electrons. The molecule has 0 bridgehead atoms. The average Bonchev–Trinajstić information content (AvgIpc) is 2.76. The monoisotopic (exact) mass is 437 g/mol. The summed E-state index contributed by atoms with van der Waals surface area (Å²) in [4.78, 5) is 25.3. The SMILES string of the molecule is CCCCCCN(CCOc1ccc(CC(OCC)C(=O)O)cc1)C(=O)OCCCC. The van der Waals surface area contributed by atoms with Gasteiger partial charge in [0.15, 0.2) is 6.10 Å². The first kappa shape index (κ1) is 26.8. The van der Waals surface area contributed by atoms with Crippen LogP contribution in [0.25, 0.3) is 0 Å². The third kappa shape index (κ3) is 11.6. The fourth-order valence-electron chi connectivity index (χ4n) is 3.05. The summed E-state index contributed by atoms with van der Waals surface area (Å²) in [5.41, 5.74) is 0.866. The lowest BCUT2D eigenvalue weighted by Gasteiger charge is -2.22. The molecule has 1 rings (SSSR count). The van der Waals surface area contributed by atoms with Crippen LogP contribution in [0.15, 0.2) is 24.3 Å². The quantitative estimate of drug-likeness (QED) is 0.348. The number of carboxylic acid groups (broad SMARTS) is 1. The summed E-state index contributed by atoms with van der Waals surface area (Å²) < 4.78 is 16.4. The molecule has 176 valence electrons. The van der Waals surface area contributed by atoms with Gasteiger partial charge in [-0.05, 0) is 37.5 Å². The van der Waals surface area contributed by atoms with Crippen molar-refractivity contribution in [3.05, 3.63) is 29.8 Å². The number of carbonyl (C=O) groups excluding carboxylic acids is 1. The number of nitrogens with zero attached hydrogens (tertiary/aromatic N) is 1. The van der Waals surface area contributed by atoms with Crippen LogP contribution < -0.4 is 4.74 Å². The number of hydrogen-bond acceptors (Lipinski definition) is 5. The number of amides is 1. The van der Waals surface area contributed by atoms with Crippen LogP contribution in [0.2, 0.25) is 0 Å². The van der Waals surface area contributed by atoms with E-state index in [4.69, 9.17) is 14.2 Å². The lowest BCUT2D eigenvalue weighted by Crippen LogP contribution is -2.36. The second-order valence-electron chi connectivity index (χ2n) is 7.49. The largest absolute Gasteiger partial charge is 0.492 e. The number of benzene rings is 1. The van der Waals surface area contributed by atoms with Crippen molar-refractivity contribution in [3.63, 3.8) is 0 Å². The molecule has 0 heterocycles.